The first-order valence-electron chi connectivity index (χ1n) is 7.06. The maximum absolute atomic E-state index is 13.5. The van der Waals surface area contributed by atoms with Crippen LogP contribution in [0.3, 0.4) is 0 Å². The summed E-state index contributed by atoms with van der Waals surface area (Å²) in [4.78, 5) is 11.8. The Morgan fingerprint density at radius 2 is 1.96 bits per heavy atom. The zero-order chi connectivity index (χ0) is 16.7. The monoisotopic (exact) mass is 337 g/mol. The number of carbonyl (C=O) groups excluding carboxylic acids is 1. The average molecular weight is 338 g/mol. The molecule has 2 aromatic rings. The van der Waals surface area contributed by atoms with E-state index in [-0.39, 0.29) is 18.3 Å². The maximum Gasteiger partial charge on any atom is 0.257 e. The largest absolute Gasteiger partial charge is 0.493 e. The number of halogens is 2. The zero-order valence-corrected chi connectivity index (χ0v) is 13.4. The molecular weight excluding hydrogens is 321 g/mol. The normalized spacial score (nSPS) is 10.2. The van der Waals surface area contributed by atoms with E-state index < -0.39 is 0 Å². The minimum atomic E-state index is -0.339. The van der Waals surface area contributed by atoms with Gasteiger partial charge in [0, 0.05) is 11.6 Å². The molecule has 0 aliphatic heterocycles. The van der Waals surface area contributed by atoms with Gasteiger partial charge in [-0.15, -0.1) is 0 Å². The number of hydrogen-bond donors (Lipinski definition) is 1. The van der Waals surface area contributed by atoms with Gasteiger partial charge < -0.3 is 14.8 Å². The van der Waals surface area contributed by atoms with Crippen LogP contribution < -0.4 is 14.8 Å². The number of benzene rings is 2. The van der Waals surface area contributed by atoms with Crippen LogP contribution in [-0.2, 0) is 11.2 Å². The smallest absolute Gasteiger partial charge is 0.257 e. The third-order valence-electron chi connectivity index (χ3n) is 3.15. The highest BCUT2D eigenvalue weighted by atomic mass is 35.5. The molecule has 0 saturated heterocycles. The Balaban J connectivity index is 1.78. The van der Waals surface area contributed by atoms with Gasteiger partial charge in [-0.3, -0.25) is 4.79 Å². The second-order valence-electron chi connectivity index (χ2n) is 4.78. The molecule has 1 N–H and O–H groups in total. The Bertz CT molecular complexity index is 679. The van der Waals surface area contributed by atoms with Crippen LogP contribution in [-0.4, -0.2) is 26.2 Å². The summed E-state index contributed by atoms with van der Waals surface area (Å²) in [6.07, 6.45) is 0.354. The summed E-state index contributed by atoms with van der Waals surface area (Å²) < 4.78 is 24.1. The van der Waals surface area contributed by atoms with Crippen molar-refractivity contribution in [1.29, 1.82) is 0 Å². The van der Waals surface area contributed by atoms with Crippen LogP contribution in [0.2, 0.25) is 5.02 Å². The van der Waals surface area contributed by atoms with Crippen molar-refractivity contribution in [1.82, 2.24) is 5.32 Å². The fourth-order valence-electron chi connectivity index (χ4n) is 2.00. The number of nitrogens with one attached hydrogen (secondary N) is 1. The van der Waals surface area contributed by atoms with Gasteiger partial charge in [-0.2, -0.15) is 0 Å². The first kappa shape index (κ1) is 17.1. The molecular formula is C17H17ClFNO3. The fraction of sp³-hybridized carbons (Fsp3) is 0.235. The molecule has 0 fully saturated rings. The molecule has 6 heteroatoms. The summed E-state index contributed by atoms with van der Waals surface area (Å²) in [5.41, 5.74) is 0.462. The number of methoxy groups -OCH3 is 1. The van der Waals surface area contributed by atoms with Crippen LogP contribution in [0.1, 0.15) is 5.56 Å². The Hall–Kier alpha value is -2.27. The van der Waals surface area contributed by atoms with Crippen molar-refractivity contribution in [2.45, 2.75) is 6.42 Å². The SMILES string of the molecule is COc1ccccc1OCC(=O)NCCc1cc(Cl)ccc1F. The van der Waals surface area contributed by atoms with Crippen molar-refractivity contribution >= 4 is 17.5 Å². The van der Waals surface area contributed by atoms with Gasteiger partial charge in [-0.05, 0) is 42.3 Å². The van der Waals surface area contributed by atoms with E-state index >= 15 is 0 Å². The molecule has 1 amide bonds. The number of rotatable bonds is 7. The summed E-state index contributed by atoms with van der Waals surface area (Å²) in [6, 6.07) is 11.4. The van der Waals surface area contributed by atoms with Gasteiger partial charge in [0.2, 0.25) is 0 Å². The predicted octanol–water partition coefficient (Wildman–Crippen LogP) is 3.23. The summed E-state index contributed by atoms with van der Waals surface area (Å²) in [5, 5.41) is 3.14. The van der Waals surface area contributed by atoms with Crippen LogP contribution in [0.15, 0.2) is 42.5 Å². The van der Waals surface area contributed by atoms with E-state index in [1.54, 1.807) is 24.3 Å². The Labute approximate surface area is 139 Å². The van der Waals surface area contributed by atoms with Crippen molar-refractivity contribution < 1.29 is 18.7 Å². The van der Waals surface area contributed by atoms with E-state index in [0.717, 1.165) is 0 Å². The average Bonchev–Trinajstić information content (AvgIpc) is 2.56. The lowest BCUT2D eigenvalue weighted by Crippen LogP contribution is -2.30. The highest BCUT2D eigenvalue weighted by Gasteiger charge is 2.08. The highest BCUT2D eigenvalue weighted by Crippen LogP contribution is 2.25. The van der Waals surface area contributed by atoms with Crippen molar-refractivity contribution in [3.63, 3.8) is 0 Å². The molecule has 2 rings (SSSR count). The predicted molar refractivity (Wildman–Crippen MR) is 86.6 cm³/mol. The van der Waals surface area contributed by atoms with Gasteiger partial charge in [0.25, 0.3) is 5.91 Å². The topological polar surface area (TPSA) is 47.6 Å². The van der Waals surface area contributed by atoms with Gasteiger partial charge in [-0.1, -0.05) is 23.7 Å². The first-order valence-corrected chi connectivity index (χ1v) is 7.44. The number of para-hydroxylation sites is 2. The van der Waals surface area contributed by atoms with Gasteiger partial charge in [0.15, 0.2) is 18.1 Å². The zero-order valence-electron chi connectivity index (χ0n) is 12.6. The number of carbonyl (C=O) groups is 1. The lowest BCUT2D eigenvalue weighted by atomic mass is 10.1. The van der Waals surface area contributed by atoms with Gasteiger partial charge in [0.05, 0.1) is 7.11 Å². The first-order chi connectivity index (χ1) is 11.1. The molecule has 0 atom stereocenters. The summed E-state index contributed by atoms with van der Waals surface area (Å²) in [7, 11) is 1.53. The molecule has 0 saturated carbocycles. The number of ether oxygens (including phenoxy) is 2. The van der Waals surface area contributed by atoms with E-state index in [4.69, 9.17) is 21.1 Å². The highest BCUT2D eigenvalue weighted by molar-refractivity contribution is 6.30. The van der Waals surface area contributed by atoms with E-state index in [0.29, 0.717) is 35.1 Å². The third kappa shape index (κ3) is 5.14. The van der Waals surface area contributed by atoms with E-state index in [2.05, 4.69) is 5.32 Å². The molecule has 0 aliphatic carbocycles. The van der Waals surface area contributed by atoms with E-state index in [1.807, 2.05) is 6.07 Å². The molecule has 2 aromatic carbocycles. The Morgan fingerprint density at radius 3 is 2.70 bits per heavy atom. The second kappa shape index (κ2) is 8.39. The van der Waals surface area contributed by atoms with Gasteiger partial charge >= 0.3 is 0 Å². The van der Waals surface area contributed by atoms with Crippen LogP contribution in [0.5, 0.6) is 11.5 Å². The van der Waals surface area contributed by atoms with Crippen LogP contribution >= 0.6 is 11.6 Å². The minimum absolute atomic E-state index is 0.140. The Kier molecular flexibility index (Phi) is 6.23. The quantitative estimate of drug-likeness (QED) is 0.844. The van der Waals surface area contributed by atoms with E-state index in [9.17, 15) is 9.18 Å². The molecule has 0 bridgehead atoms. The standard InChI is InChI=1S/C17H17ClFNO3/c1-22-15-4-2-3-5-16(15)23-11-17(21)20-9-8-12-10-13(18)6-7-14(12)19/h2-7,10H,8-9,11H2,1H3,(H,20,21). The lowest BCUT2D eigenvalue weighted by Gasteiger charge is -2.10. The minimum Gasteiger partial charge on any atom is -0.493 e. The Morgan fingerprint density at radius 1 is 1.22 bits per heavy atom. The van der Waals surface area contributed by atoms with Crippen molar-refractivity contribution in [2.24, 2.45) is 0 Å². The lowest BCUT2D eigenvalue weighted by molar-refractivity contribution is -0.123. The molecule has 0 aliphatic rings. The molecule has 0 radical (unpaired) electrons. The molecule has 122 valence electrons. The number of amides is 1. The molecule has 4 nitrogen and oxygen atoms in total. The van der Waals surface area contributed by atoms with Crippen molar-refractivity contribution in [3.05, 3.63) is 58.9 Å². The van der Waals surface area contributed by atoms with Crippen molar-refractivity contribution in [3.8, 4) is 11.5 Å². The molecule has 0 spiro atoms. The van der Waals surface area contributed by atoms with E-state index in [1.165, 1.54) is 19.2 Å². The number of hydrogen-bond acceptors (Lipinski definition) is 3. The summed E-state index contributed by atoms with van der Waals surface area (Å²) in [5.74, 6) is 0.416. The second-order valence-corrected chi connectivity index (χ2v) is 5.21. The molecule has 0 aromatic heterocycles. The maximum atomic E-state index is 13.5. The molecule has 23 heavy (non-hydrogen) atoms. The van der Waals surface area contributed by atoms with Crippen LogP contribution in [0, 0.1) is 5.82 Å². The molecule has 0 heterocycles. The van der Waals surface area contributed by atoms with Crippen molar-refractivity contribution in [2.75, 3.05) is 20.3 Å². The summed E-state index contributed by atoms with van der Waals surface area (Å²) in [6.45, 7) is 0.157. The van der Waals surface area contributed by atoms with Gasteiger partial charge in [0.1, 0.15) is 5.82 Å². The molecule has 0 unspecified atom stereocenters. The third-order valence-corrected chi connectivity index (χ3v) is 3.39. The van der Waals surface area contributed by atoms with Crippen LogP contribution in [0.25, 0.3) is 0 Å². The summed E-state index contributed by atoms with van der Waals surface area (Å²) >= 11 is 5.82. The van der Waals surface area contributed by atoms with Gasteiger partial charge in [-0.25, -0.2) is 4.39 Å². The fourth-order valence-corrected chi connectivity index (χ4v) is 2.20. The van der Waals surface area contributed by atoms with Crippen LogP contribution in [0.4, 0.5) is 4.39 Å².